The molecule has 0 amide bonds. The number of carbonyl (C=O) groups excluding carboxylic acids is 1. The normalized spacial score (nSPS) is 10.0. The third-order valence-corrected chi connectivity index (χ3v) is 3.04. The molecule has 0 aliphatic carbocycles. The Labute approximate surface area is 138 Å². The number of likely N-dealkylation sites (N-methyl/N-ethyl adjacent to an activating group) is 1. The molecule has 4 nitrogen and oxygen atoms in total. The Kier molecular flexibility index (Phi) is 10.5. The van der Waals surface area contributed by atoms with Gasteiger partial charge in [-0.1, -0.05) is 13.8 Å². The van der Waals surface area contributed by atoms with Gasteiger partial charge in [-0.2, -0.15) is 0 Å². The van der Waals surface area contributed by atoms with Crippen molar-refractivity contribution in [3.05, 3.63) is 29.8 Å². The van der Waals surface area contributed by atoms with Gasteiger partial charge in [0.1, 0.15) is 6.61 Å². The van der Waals surface area contributed by atoms with Gasteiger partial charge in [-0.05, 0) is 44.3 Å². The maximum atomic E-state index is 11.8. The first-order valence-corrected chi connectivity index (χ1v) is 6.94. The van der Waals surface area contributed by atoms with E-state index in [9.17, 15) is 4.79 Å². The van der Waals surface area contributed by atoms with Crippen LogP contribution in [0.5, 0.6) is 0 Å². The molecule has 0 saturated carbocycles. The maximum Gasteiger partial charge on any atom is 0.338 e. The number of carbonyl (C=O) groups is 1. The van der Waals surface area contributed by atoms with Crippen LogP contribution in [0.1, 0.15) is 31.1 Å². The van der Waals surface area contributed by atoms with Crippen molar-refractivity contribution in [2.24, 2.45) is 0 Å². The van der Waals surface area contributed by atoms with Crippen molar-refractivity contribution < 1.29 is 9.53 Å². The molecule has 0 aromatic heterocycles. The molecule has 0 unspecified atom stereocenters. The number of nitrogens with one attached hydrogen (secondary N) is 1. The molecular formula is C15H25IN2O2. The monoisotopic (exact) mass is 392 g/mol. The van der Waals surface area contributed by atoms with E-state index in [4.69, 9.17) is 4.74 Å². The highest BCUT2D eigenvalue weighted by atomic mass is 127. The van der Waals surface area contributed by atoms with Crippen molar-refractivity contribution in [3.8, 4) is 0 Å². The summed E-state index contributed by atoms with van der Waals surface area (Å²) in [7, 11) is 0. The Bertz CT molecular complexity index is 378. The maximum absolute atomic E-state index is 11.8. The number of halogens is 1. The molecule has 5 heteroatoms. The molecule has 0 heterocycles. The molecule has 20 heavy (non-hydrogen) atoms. The highest BCUT2D eigenvalue weighted by Crippen LogP contribution is 2.10. The zero-order chi connectivity index (χ0) is 14.1. The molecule has 114 valence electrons. The predicted octanol–water partition coefficient (Wildman–Crippen LogP) is 3.24. The molecule has 1 N–H and O–H groups in total. The van der Waals surface area contributed by atoms with Gasteiger partial charge >= 0.3 is 5.97 Å². The van der Waals surface area contributed by atoms with Crippen LogP contribution in [-0.4, -0.2) is 43.7 Å². The minimum absolute atomic E-state index is 0. The predicted molar refractivity (Wildman–Crippen MR) is 94.1 cm³/mol. The van der Waals surface area contributed by atoms with Gasteiger partial charge in [-0.15, -0.1) is 24.0 Å². The van der Waals surface area contributed by atoms with E-state index in [0.29, 0.717) is 12.2 Å². The highest BCUT2D eigenvalue weighted by Gasteiger charge is 2.07. The summed E-state index contributed by atoms with van der Waals surface area (Å²) in [5.41, 5.74) is 1.61. The van der Waals surface area contributed by atoms with Crippen molar-refractivity contribution >= 4 is 35.6 Å². The van der Waals surface area contributed by atoms with Crippen LogP contribution in [0.15, 0.2) is 24.3 Å². The molecule has 0 spiro atoms. The fourth-order valence-electron chi connectivity index (χ4n) is 1.82. The lowest BCUT2D eigenvalue weighted by Gasteiger charge is -2.17. The first-order chi connectivity index (χ1) is 9.21. The van der Waals surface area contributed by atoms with Gasteiger partial charge in [0.05, 0.1) is 5.56 Å². The van der Waals surface area contributed by atoms with Crippen molar-refractivity contribution in [2.75, 3.05) is 38.1 Å². The summed E-state index contributed by atoms with van der Waals surface area (Å²) in [6.45, 7) is 10.3. The fraction of sp³-hybridized carbons (Fsp3) is 0.533. The molecule has 1 rings (SSSR count). The standard InChI is InChI=1S/C15H24N2O2.HI/c1-4-16-14-9-7-13(8-10-14)15(18)19-12-11-17(5-2)6-3;/h7-10,16H,4-6,11-12H2,1-3H3;1H. The van der Waals surface area contributed by atoms with Gasteiger partial charge in [0.2, 0.25) is 0 Å². The summed E-state index contributed by atoms with van der Waals surface area (Å²) in [4.78, 5) is 14.0. The summed E-state index contributed by atoms with van der Waals surface area (Å²) in [5.74, 6) is -0.254. The van der Waals surface area contributed by atoms with Crippen LogP contribution in [0, 0.1) is 0 Å². The second-order valence-corrected chi connectivity index (χ2v) is 4.27. The van der Waals surface area contributed by atoms with E-state index in [1.54, 1.807) is 12.1 Å². The highest BCUT2D eigenvalue weighted by molar-refractivity contribution is 14.0. The number of ether oxygens (including phenoxy) is 1. The number of anilines is 1. The molecule has 0 bridgehead atoms. The largest absolute Gasteiger partial charge is 0.461 e. The third-order valence-electron chi connectivity index (χ3n) is 3.04. The van der Waals surface area contributed by atoms with E-state index in [2.05, 4.69) is 24.1 Å². The van der Waals surface area contributed by atoms with Crippen molar-refractivity contribution in [2.45, 2.75) is 20.8 Å². The van der Waals surface area contributed by atoms with Crippen molar-refractivity contribution in [1.29, 1.82) is 0 Å². The lowest BCUT2D eigenvalue weighted by molar-refractivity contribution is 0.0466. The molecular weight excluding hydrogens is 367 g/mol. The van der Waals surface area contributed by atoms with Crippen LogP contribution in [-0.2, 0) is 4.74 Å². The second kappa shape index (κ2) is 10.9. The van der Waals surface area contributed by atoms with Crippen LogP contribution >= 0.6 is 24.0 Å². The SMILES string of the molecule is CCNc1ccc(C(=O)OCCN(CC)CC)cc1.I. The Morgan fingerprint density at radius 1 is 1.15 bits per heavy atom. The zero-order valence-corrected chi connectivity index (χ0v) is 14.8. The van der Waals surface area contributed by atoms with E-state index < -0.39 is 0 Å². The van der Waals surface area contributed by atoms with E-state index >= 15 is 0 Å². The molecule has 1 aromatic rings. The van der Waals surface area contributed by atoms with Crippen molar-refractivity contribution in [3.63, 3.8) is 0 Å². The van der Waals surface area contributed by atoms with Gasteiger partial charge in [-0.25, -0.2) is 4.79 Å². The lowest BCUT2D eigenvalue weighted by atomic mass is 10.2. The second-order valence-electron chi connectivity index (χ2n) is 4.27. The summed E-state index contributed by atoms with van der Waals surface area (Å²) in [6.07, 6.45) is 0. The molecule has 0 aliphatic rings. The Morgan fingerprint density at radius 2 is 1.75 bits per heavy atom. The quantitative estimate of drug-likeness (QED) is 0.545. The minimum atomic E-state index is -0.254. The smallest absolute Gasteiger partial charge is 0.338 e. The number of nitrogens with zero attached hydrogens (tertiary/aromatic N) is 1. The van der Waals surface area contributed by atoms with Gasteiger partial charge in [0, 0.05) is 18.8 Å². The molecule has 0 fully saturated rings. The Balaban J connectivity index is 0.00000361. The number of hydrogen-bond donors (Lipinski definition) is 1. The number of benzene rings is 1. The van der Waals surface area contributed by atoms with E-state index in [-0.39, 0.29) is 29.9 Å². The van der Waals surface area contributed by atoms with Crippen LogP contribution < -0.4 is 5.32 Å². The van der Waals surface area contributed by atoms with Crippen LogP contribution in [0.25, 0.3) is 0 Å². The Morgan fingerprint density at radius 3 is 2.25 bits per heavy atom. The van der Waals surface area contributed by atoms with E-state index in [1.165, 1.54) is 0 Å². The topological polar surface area (TPSA) is 41.6 Å². The molecule has 0 radical (unpaired) electrons. The van der Waals surface area contributed by atoms with Gasteiger partial charge in [0.25, 0.3) is 0 Å². The van der Waals surface area contributed by atoms with Crippen molar-refractivity contribution in [1.82, 2.24) is 4.90 Å². The van der Waals surface area contributed by atoms with Gasteiger partial charge in [0.15, 0.2) is 0 Å². The first-order valence-electron chi connectivity index (χ1n) is 6.94. The minimum Gasteiger partial charge on any atom is -0.461 e. The van der Waals surface area contributed by atoms with E-state index in [1.807, 2.05) is 19.1 Å². The van der Waals surface area contributed by atoms with Crippen LogP contribution in [0.3, 0.4) is 0 Å². The average Bonchev–Trinajstić information content (AvgIpc) is 2.44. The zero-order valence-electron chi connectivity index (χ0n) is 12.5. The number of rotatable bonds is 8. The summed E-state index contributed by atoms with van der Waals surface area (Å²) in [5, 5.41) is 3.19. The molecule has 0 saturated heterocycles. The Hall–Kier alpha value is -0.820. The molecule has 0 aliphatic heterocycles. The number of hydrogen-bond acceptors (Lipinski definition) is 4. The van der Waals surface area contributed by atoms with E-state index in [0.717, 1.165) is 31.9 Å². The van der Waals surface area contributed by atoms with Crippen LogP contribution in [0.2, 0.25) is 0 Å². The molecule has 0 atom stereocenters. The summed E-state index contributed by atoms with van der Waals surface area (Å²) >= 11 is 0. The number of esters is 1. The molecule has 1 aromatic carbocycles. The summed E-state index contributed by atoms with van der Waals surface area (Å²) < 4.78 is 5.26. The first kappa shape index (κ1) is 19.2. The van der Waals surface area contributed by atoms with Gasteiger partial charge < -0.3 is 15.0 Å². The fourth-order valence-corrected chi connectivity index (χ4v) is 1.82. The lowest BCUT2D eigenvalue weighted by Crippen LogP contribution is -2.27. The summed E-state index contributed by atoms with van der Waals surface area (Å²) in [6, 6.07) is 7.37. The third kappa shape index (κ3) is 6.56. The van der Waals surface area contributed by atoms with Gasteiger partial charge in [-0.3, -0.25) is 0 Å². The average molecular weight is 392 g/mol. The van der Waals surface area contributed by atoms with Crippen LogP contribution in [0.4, 0.5) is 5.69 Å².